The number of carboxylic acid groups (broad SMARTS) is 1. The molecule has 5 heteroatoms. The smallest absolute Gasteiger partial charge is 0.313 e. The van der Waals surface area contributed by atoms with Crippen LogP contribution in [0.2, 0.25) is 0 Å². The van der Waals surface area contributed by atoms with E-state index < -0.39 is 17.9 Å². The van der Waals surface area contributed by atoms with Gasteiger partial charge in [-0.15, -0.1) is 0 Å². The Morgan fingerprint density at radius 1 is 0.968 bits per heavy atom. The van der Waals surface area contributed by atoms with Gasteiger partial charge in [0.2, 0.25) is 0 Å². The molecule has 0 bridgehead atoms. The van der Waals surface area contributed by atoms with Crippen LogP contribution in [0.3, 0.4) is 0 Å². The first-order valence-corrected chi connectivity index (χ1v) is 10.5. The molecule has 4 rings (SSSR count). The summed E-state index contributed by atoms with van der Waals surface area (Å²) in [5.41, 5.74) is 2.73. The third-order valence-corrected chi connectivity index (χ3v) is 5.59. The second-order valence-electron chi connectivity index (χ2n) is 7.68. The van der Waals surface area contributed by atoms with Crippen molar-refractivity contribution in [2.75, 3.05) is 6.61 Å². The summed E-state index contributed by atoms with van der Waals surface area (Å²) in [6.45, 7) is 2.99. The molecule has 0 aliphatic carbocycles. The average molecular weight is 415 g/mol. The van der Waals surface area contributed by atoms with Gasteiger partial charge in [0.1, 0.15) is 11.7 Å². The van der Waals surface area contributed by atoms with E-state index in [1.54, 1.807) is 29.2 Å². The van der Waals surface area contributed by atoms with Crippen molar-refractivity contribution in [2.24, 2.45) is 0 Å². The highest BCUT2D eigenvalue weighted by Gasteiger charge is 2.44. The summed E-state index contributed by atoms with van der Waals surface area (Å²) in [7, 11) is 0. The van der Waals surface area contributed by atoms with Crippen molar-refractivity contribution in [3.8, 4) is 5.75 Å². The summed E-state index contributed by atoms with van der Waals surface area (Å²) in [5, 5.41) is 10.2. The molecule has 1 amide bonds. The molecule has 0 saturated carbocycles. The van der Waals surface area contributed by atoms with Gasteiger partial charge in [-0.25, -0.2) is 0 Å². The fourth-order valence-electron chi connectivity index (χ4n) is 4.17. The van der Waals surface area contributed by atoms with Crippen LogP contribution < -0.4 is 4.74 Å². The lowest BCUT2D eigenvalue weighted by Crippen LogP contribution is -2.44. The Hall–Kier alpha value is -3.60. The molecule has 2 atom stereocenters. The lowest BCUT2D eigenvalue weighted by Gasteiger charge is -2.41. The molecular formula is C26H25NO4. The summed E-state index contributed by atoms with van der Waals surface area (Å²) < 4.78 is 5.67. The average Bonchev–Trinajstić information content (AvgIpc) is 2.80. The zero-order valence-electron chi connectivity index (χ0n) is 17.4. The van der Waals surface area contributed by atoms with Crippen LogP contribution in [0.4, 0.5) is 0 Å². The molecule has 0 saturated heterocycles. The molecule has 0 fully saturated rings. The Kier molecular flexibility index (Phi) is 6.03. The molecule has 1 aliphatic rings. The lowest BCUT2D eigenvalue weighted by atomic mass is 9.79. The Labute approximate surface area is 181 Å². The number of carbonyl (C=O) groups is 2. The van der Waals surface area contributed by atoms with Crippen molar-refractivity contribution < 1.29 is 19.4 Å². The van der Waals surface area contributed by atoms with Gasteiger partial charge >= 0.3 is 5.97 Å². The highest BCUT2D eigenvalue weighted by atomic mass is 16.5. The number of hydrogen-bond acceptors (Lipinski definition) is 3. The SMILES string of the molecule is CCCOc1ccc([C@H]2[C@@H](C(=O)O)c3ccccc3C(=O)N2Cc2ccccc2)cc1. The first kappa shape index (κ1) is 20.7. The Morgan fingerprint density at radius 2 is 1.65 bits per heavy atom. The largest absolute Gasteiger partial charge is 0.494 e. The third-order valence-electron chi connectivity index (χ3n) is 5.59. The molecule has 3 aromatic carbocycles. The normalized spacial score (nSPS) is 17.8. The maximum absolute atomic E-state index is 13.5. The van der Waals surface area contributed by atoms with Gasteiger partial charge < -0.3 is 14.7 Å². The quantitative estimate of drug-likeness (QED) is 0.587. The number of carboxylic acids is 1. The monoisotopic (exact) mass is 415 g/mol. The van der Waals surface area contributed by atoms with Crippen LogP contribution in [0.5, 0.6) is 5.75 Å². The molecule has 1 N–H and O–H groups in total. The number of aliphatic carboxylic acids is 1. The minimum Gasteiger partial charge on any atom is -0.494 e. The Bertz CT molecular complexity index is 1060. The maximum Gasteiger partial charge on any atom is 0.313 e. The third kappa shape index (κ3) is 4.17. The van der Waals surface area contributed by atoms with Crippen LogP contribution in [0.1, 0.15) is 52.4 Å². The van der Waals surface area contributed by atoms with E-state index >= 15 is 0 Å². The predicted octanol–water partition coefficient (Wildman–Crippen LogP) is 5.04. The second-order valence-corrected chi connectivity index (χ2v) is 7.68. The summed E-state index contributed by atoms with van der Waals surface area (Å²) in [6, 6.07) is 23.5. The Morgan fingerprint density at radius 3 is 2.32 bits per heavy atom. The van der Waals surface area contributed by atoms with Crippen molar-refractivity contribution >= 4 is 11.9 Å². The van der Waals surface area contributed by atoms with Crippen LogP contribution in [-0.2, 0) is 11.3 Å². The first-order chi connectivity index (χ1) is 15.1. The highest BCUT2D eigenvalue weighted by molar-refractivity contribution is 6.00. The fourth-order valence-corrected chi connectivity index (χ4v) is 4.17. The van der Waals surface area contributed by atoms with Gasteiger partial charge in [0, 0.05) is 12.1 Å². The van der Waals surface area contributed by atoms with Crippen LogP contribution in [-0.4, -0.2) is 28.5 Å². The first-order valence-electron chi connectivity index (χ1n) is 10.5. The number of nitrogens with zero attached hydrogens (tertiary/aromatic N) is 1. The van der Waals surface area contributed by atoms with E-state index in [9.17, 15) is 14.7 Å². The molecule has 0 unspecified atom stereocenters. The number of carbonyl (C=O) groups excluding carboxylic acids is 1. The van der Waals surface area contributed by atoms with E-state index in [2.05, 4.69) is 0 Å². The molecule has 1 heterocycles. The summed E-state index contributed by atoms with van der Waals surface area (Å²) >= 11 is 0. The Balaban J connectivity index is 1.80. The van der Waals surface area contributed by atoms with E-state index in [1.807, 2.05) is 61.5 Å². The van der Waals surface area contributed by atoms with Gasteiger partial charge in [-0.3, -0.25) is 9.59 Å². The maximum atomic E-state index is 13.5. The minimum absolute atomic E-state index is 0.159. The van der Waals surface area contributed by atoms with Crippen molar-refractivity contribution in [3.05, 3.63) is 101 Å². The molecule has 158 valence electrons. The lowest BCUT2D eigenvalue weighted by molar-refractivity contribution is -0.140. The van der Waals surface area contributed by atoms with E-state index in [0.717, 1.165) is 23.3 Å². The standard InChI is InChI=1S/C26H25NO4/c1-2-16-31-20-14-12-19(13-15-20)24-23(26(29)30)21-10-6-7-11-22(21)25(28)27(24)17-18-8-4-3-5-9-18/h3-15,23-24H,2,16-17H2,1H3,(H,29,30)/t23-,24-/m0/s1. The molecule has 0 radical (unpaired) electrons. The van der Waals surface area contributed by atoms with Gasteiger partial charge in [0.15, 0.2) is 0 Å². The van der Waals surface area contributed by atoms with Gasteiger partial charge in [0.25, 0.3) is 5.91 Å². The van der Waals surface area contributed by atoms with E-state index in [-0.39, 0.29) is 5.91 Å². The van der Waals surface area contributed by atoms with E-state index in [0.29, 0.717) is 24.3 Å². The topological polar surface area (TPSA) is 66.8 Å². The van der Waals surface area contributed by atoms with E-state index in [4.69, 9.17) is 4.74 Å². The van der Waals surface area contributed by atoms with Crippen LogP contribution in [0.25, 0.3) is 0 Å². The van der Waals surface area contributed by atoms with Gasteiger partial charge in [0.05, 0.1) is 12.6 Å². The molecule has 31 heavy (non-hydrogen) atoms. The molecular weight excluding hydrogens is 390 g/mol. The van der Waals surface area contributed by atoms with E-state index in [1.165, 1.54) is 0 Å². The molecule has 0 spiro atoms. The molecule has 0 aromatic heterocycles. The minimum atomic E-state index is -0.950. The van der Waals surface area contributed by atoms with Crippen molar-refractivity contribution in [1.82, 2.24) is 4.90 Å². The zero-order valence-corrected chi connectivity index (χ0v) is 17.4. The number of fused-ring (bicyclic) bond motifs is 1. The number of amides is 1. The summed E-state index contributed by atoms with van der Waals surface area (Å²) in [4.78, 5) is 27.6. The van der Waals surface area contributed by atoms with Crippen LogP contribution in [0, 0.1) is 0 Å². The molecule has 5 nitrogen and oxygen atoms in total. The summed E-state index contributed by atoms with van der Waals surface area (Å²) in [6.07, 6.45) is 0.904. The zero-order chi connectivity index (χ0) is 21.8. The van der Waals surface area contributed by atoms with Crippen LogP contribution >= 0.6 is 0 Å². The van der Waals surface area contributed by atoms with Crippen molar-refractivity contribution in [3.63, 3.8) is 0 Å². The van der Waals surface area contributed by atoms with Gasteiger partial charge in [-0.05, 0) is 41.3 Å². The van der Waals surface area contributed by atoms with Crippen molar-refractivity contribution in [1.29, 1.82) is 0 Å². The number of benzene rings is 3. The number of ether oxygens (including phenoxy) is 1. The van der Waals surface area contributed by atoms with Crippen molar-refractivity contribution in [2.45, 2.75) is 31.8 Å². The highest BCUT2D eigenvalue weighted by Crippen LogP contribution is 2.43. The molecule has 1 aliphatic heterocycles. The van der Waals surface area contributed by atoms with Gasteiger partial charge in [-0.1, -0.05) is 67.6 Å². The van der Waals surface area contributed by atoms with Gasteiger partial charge in [-0.2, -0.15) is 0 Å². The van der Waals surface area contributed by atoms with Crippen LogP contribution in [0.15, 0.2) is 78.9 Å². The number of rotatable bonds is 7. The number of hydrogen-bond donors (Lipinski definition) is 1. The fraction of sp³-hybridized carbons (Fsp3) is 0.231. The second kappa shape index (κ2) is 9.04. The predicted molar refractivity (Wildman–Crippen MR) is 118 cm³/mol. The summed E-state index contributed by atoms with van der Waals surface area (Å²) in [5.74, 6) is -1.24. The molecule has 3 aromatic rings.